The molecule has 1 heterocycles. The number of likely N-dealkylation sites (N-methyl/N-ethyl adjacent to an activating group) is 1. The fraction of sp³-hybridized carbons (Fsp3) is 1.00. The standard InChI is InChI=1S/C17H36N2/c1-5-7-9-11-13-17(3)18(4)15-16-19(17)14-12-10-8-6-2/h5-16H2,1-4H3. The van der Waals surface area contributed by atoms with Crippen LogP contribution in [0.5, 0.6) is 0 Å². The van der Waals surface area contributed by atoms with E-state index >= 15 is 0 Å². The summed E-state index contributed by atoms with van der Waals surface area (Å²) in [4.78, 5) is 5.33. The summed E-state index contributed by atoms with van der Waals surface area (Å²) in [5.41, 5.74) is 0.333. The van der Waals surface area contributed by atoms with Crippen molar-refractivity contribution in [3.05, 3.63) is 0 Å². The molecule has 1 fully saturated rings. The first-order chi connectivity index (χ1) is 9.15. The summed E-state index contributed by atoms with van der Waals surface area (Å²) in [5, 5.41) is 0. The van der Waals surface area contributed by atoms with Crippen molar-refractivity contribution < 1.29 is 0 Å². The van der Waals surface area contributed by atoms with Gasteiger partial charge in [-0.1, -0.05) is 58.8 Å². The number of hydrogen-bond donors (Lipinski definition) is 0. The molecule has 1 saturated heterocycles. The smallest absolute Gasteiger partial charge is 0.0707 e. The van der Waals surface area contributed by atoms with Gasteiger partial charge in [0, 0.05) is 13.1 Å². The topological polar surface area (TPSA) is 6.48 Å². The maximum Gasteiger partial charge on any atom is 0.0707 e. The Bertz CT molecular complexity index is 229. The van der Waals surface area contributed by atoms with Crippen molar-refractivity contribution in [2.75, 3.05) is 26.7 Å². The zero-order valence-corrected chi connectivity index (χ0v) is 13.9. The molecule has 0 amide bonds. The maximum absolute atomic E-state index is 2.74. The van der Waals surface area contributed by atoms with E-state index in [1.165, 1.54) is 77.4 Å². The van der Waals surface area contributed by atoms with Crippen LogP contribution < -0.4 is 0 Å². The van der Waals surface area contributed by atoms with Gasteiger partial charge < -0.3 is 0 Å². The Morgan fingerprint density at radius 1 is 0.842 bits per heavy atom. The predicted molar refractivity (Wildman–Crippen MR) is 85.5 cm³/mol. The summed E-state index contributed by atoms with van der Waals surface area (Å²) in [6.45, 7) is 10.9. The summed E-state index contributed by atoms with van der Waals surface area (Å²) in [7, 11) is 2.31. The van der Waals surface area contributed by atoms with Crippen LogP contribution in [0.3, 0.4) is 0 Å². The minimum Gasteiger partial charge on any atom is -0.287 e. The molecule has 1 aliphatic rings. The Kier molecular flexibility index (Phi) is 8.01. The van der Waals surface area contributed by atoms with Crippen LogP contribution in [0, 0.1) is 0 Å². The van der Waals surface area contributed by atoms with Gasteiger partial charge in [-0.05, 0) is 33.4 Å². The van der Waals surface area contributed by atoms with E-state index in [0.717, 1.165) is 0 Å². The van der Waals surface area contributed by atoms with Crippen molar-refractivity contribution in [1.29, 1.82) is 0 Å². The quantitative estimate of drug-likeness (QED) is 0.538. The van der Waals surface area contributed by atoms with E-state index in [-0.39, 0.29) is 0 Å². The molecule has 0 aromatic carbocycles. The highest BCUT2D eigenvalue weighted by Crippen LogP contribution is 2.30. The largest absolute Gasteiger partial charge is 0.287 e. The van der Waals surface area contributed by atoms with E-state index in [1.807, 2.05) is 0 Å². The van der Waals surface area contributed by atoms with E-state index in [2.05, 4.69) is 37.6 Å². The molecule has 0 aliphatic carbocycles. The first-order valence-electron chi connectivity index (χ1n) is 8.61. The van der Waals surface area contributed by atoms with Crippen LogP contribution in [0.2, 0.25) is 0 Å². The SMILES string of the molecule is CCCCCCN1CCN(C)C1(C)CCCCCC. The van der Waals surface area contributed by atoms with Gasteiger partial charge in [-0.2, -0.15) is 0 Å². The highest BCUT2D eigenvalue weighted by Gasteiger charge is 2.39. The zero-order chi connectivity index (χ0) is 14.1. The fourth-order valence-electron chi connectivity index (χ4n) is 3.31. The molecule has 19 heavy (non-hydrogen) atoms. The summed E-state index contributed by atoms with van der Waals surface area (Å²) < 4.78 is 0. The molecule has 1 aliphatic heterocycles. The lowest BCUT2D eigenvalue weighted by molar-refractivity contribution is 0.0358. The third-order valence-corrected chi connectivity index (χ3v) is 4.99. The van der Waals surface area contributed by atoms with Crippen LogP contribution in [-0.4, -0.2) is 42.1 Å². The van der Waals surface area contributed by atoms with E-state index < -0.39 is 0 Å². The number of rotatable bonds is 10. The summed E-state index contributed by atoms with van der Waals surface area (Å²) in [6, 6.07) is 0. The third kappa shape index (κ3) is 5.07. The molecule has 2 nitrogen and oxygen atoms in total. The molecule has 0 bridgehead atoms. The Morgan fingerprint density at radius 2 is 1.47 bits per heavy atom. The second-order valence-electron chi connectivity index (χ2n) is 6.50. The molecule has 0 aromatic rings. The lowest BCUT2D eigenvalue weighted by Crippen LogP contribution is -2.49. The van der Waals surface area contributed by atoms with Crippen molar-refractivity contribution in [3.63, 3.8) is 0 Å². The molecule has 1 unspecified atom stereocenters. The van der Waals surface area contributed by atoms with Crippen LogP contribution in [0.25, 0.3) is 0 Å². The fourth-order valence-corrected chi connectivity index (χ4v) is 3.31. The minimum atomic E-state index is 0.333. The van der Waals surface area contributed by atoms with Gasteiger partial charge in [-0.3, -0.25) is 9.80 Å². The summed E-state index contributed by atoms with van der Waals surface area (Å²) >= 11 is 0. The van der Waals surface area contributed by atoms with Gasteiger partial charge in [0.25, 0.3) is 0 Å². The van der Waals surface area contributed by atoms with Gasteiger partial charge in [0.1, 0.15) is 0 Å². The van der Waals surface area contributed by atoms with Gasteiger partial charge in [-0.15, -0.1) is 0 Å². The molecule has 0 saturated carbocycles. The lowest BCUT2D eigenvalue weighted by atomic mass is 10.0. The van der Waals surface area contributed by atoms with E-state index in [0.29, 0.717) is 5.66 Å². The monoisotopic (exact) mass is 268 g/mol. The van der Waals surface area contributed by atoms with Crippen LogP contribution in [0.4, 0.5) is 0 Å². The van der Waals surface area contributed by atoms with E-state index in [9.17, 15) is 0 Å². The highest BCUT2D eigenvalue weighted by atomic mass is 15.4. The van der Waals surface area contributed by atoms with Gasteiger partial charge in [0.2, 0.25) is 0 Å². The van der Waals surface area contributed by atoms with Crippen molar-refractivity contribution >= 4 is 0 Å². The molecule has 0 N–H and O–H groups in total. The molecule has 1 atom stereocenters. The van der Waals surface area contributed by atoms with E-state index in [1.54, 1.807) is 0 Å². The molecular weight excluding hydrogens is 232 g/mol. The molecule has 0 spiro atoms. The third-order valence-electron chi connectivity index (χ3n) is 4.99. The van der Waals surface area contributed by atoms with Gasteiger partial charge in [0.05, 0.1) is 5.66 Å². The molecule has 1 rings (SSSR count). The molecule has 114 valence electrons. The van der Waals surface area contributed by atoms with Crippen molar-refractivity contribution in [3.8, 4) is 0 Å². The number of nitrogens with zero attached hydrogens (tertiary/aromatic N) is 2. The molecule has 0 radical (unpaired) electrons. The van der Waals surface area contributed by atoms with Gasteiger partial charge >= 0.3 is 0 Å². The van der Waals surface area contributed by atoms with Crippen molar-refractivity contribution in [2.45, 2.75) is 84.2 Å². The summed E-state index contributed by atoms with van der Waals surface area (Å²) in [5.74, 6) is 0. The zero-order valence-electron chi connectivity index (χ0n) is 13.9. The normalized spacial score (nSPS) is 25.3. The maximum atomic E-state index is 2.74. The van der Waals surface area contributed by atoms with Crippen molar-refractivity contribution in [1.82, 2.24) is 9.80 Å². The molecule has 0 aromatic heterocycles. The first kappa shape index (κ1) is 17.0. The van der Waals surface area contributed by atoms with Crippen LogP contribution in [0.15, 0.2) is 0 Å². The molecular formula is C17H36N2. The summed E-state index contributed by atoms with van der Waals surface area (Å²) in [6.07, 6.45) is 12.4. The van der Waals surface area contributed by atoms with Crippen LogP contribution >= 0.6 is 0 Å². The molecule has 2 heteroatoms. The van der Waals surface area contributed by atoms with Crippen LogP contribution in [0.1, 0.15) is 78.6 Å². The Hall–Kier alpha value is -0.0800. The second kappa shape index (κ2) is 8.97. The van der Waals surface area contributed by atoms with Gasteiger partial charge in [0.15, 0.2) is 0 Å². The van der Waals surface area contributed by atoms with Gasteiger partial charge in [-0.25, -0.2) is 0 Å². The second-order valence-corrected chi connectivity index (χ2v) is 6.50. The Balaban J connectivity index is 2.36. The minimum absolute atomic E-state index is 0.333. The Labute approximate surface area is 121 Å². The number of hydrogen-bond acceptors (Lipinski definition) is 2. The van der Waals surface area contributed by atoms with Crippen LogP contribution in [-0.2, 0) is 0 Å². The average Bonchev–Trinajstić information content (AvgIpc) is 2.68. The lowest BCUT2D eigenvalue weighted by Gasteiger charge is -2.40. The Morgan fingerprint density at radius 3 is 2.11 bits per heavy atom. The first-order valence-corrected chi connectivity index (χ1v) is 8.61. The van der Waals surface area contributed by atoms with E-state index in [4.69, 9.17) is 0 Å². The average molecular weight is 268 g/mol. The highest BCUT2D eigenvalue weighted by molar-refractivity contribution is 4.91. The van der Waals surface area contributed by atoms with Crippen molar-refractivity contribution in [2.24, 2.45) is 0 Å². The predicted octanol–water partition coefficient (Wildman–Crippen LogP) is 4.50. The number of unbranched alkanes of at least 4 members (excludes halogenated alkanes) is 6.